The van der Waals surface area contributed by atoms with Gasteiger partial charge in [-0.1, -0.05) is 6.07 Å². The lowest BCUT2D eigenvalue weighted by Crippen LogP contribution is -2.30. The number of nitrogens with one attached hydrogen (secondary N) is 1. The van der Waals surface area contributed by atoms with Gasteiger partial charge in [0.05, 0.1) is 36.0 Å². The van der Waals surface area contributed by atoms with E-state index in [1.807, 2.05) is 31.2 Å². The van der Waals surface area contributed by atoms with Gasteiger partial charge in [0.2, 0.25) is 0 Å². The number of carbonyl (C=O) groups is 2. The Balaban J connectivity index is 1.60. The van der Waals surface area contributed by atoms with Gasteiger partial charge in [-0.05, 0) is 19.1 Å². The van der Waals surface area contributed by atoms with Crippen molar-refractivity contribution in [2.24, 2.45) is 12.8 Å². The van der Waals surface area contributed by atoms with Crippen LogP contribution in [0.2, 0.25) is 0 Å². The highest BCUT2D eigenvalue weighted by Gasteiger charge is 2.28. The summed E-state index contributed by atoms with van der Waals surface area (Å²) < 4.78 is 12.5. The minimum Gasteiger partial charge on any atom is -0.488 e. The third-order valence-corrected chi connectivity index (χ3v) is 5.28. The number of benzene rings is 1. The van der Waals surface area contributed by atoms with Gasteiger partial charge in [0.1, 0.15) is 11.9 Å². The van der Waals surface area contributed by atoms with Crippen LogP contribution in [0.4, 0.5) is 16.2 Å². The predicted octanol–water partition coefficient (Wildman–Crippen LogP) is 2.34. The topological polar surface area (TPSA) is 125 Å². The molecule has 1 aliphatic heterocycles. The smallest absolute Gasteiger partial charge is 0.409 e. The van der Waals surface area contributed by atoms with Crippen LogP contribution in [0.3, 0.4) is 0 Å². The molecule has 0 bridgehead atoms. The van der Waals surface area contributed by atoms with Crippen LogP contribution in [0.1, 0.15) is 22.5 Å². The Hall–Kier alpha value is -3.82. The van der Waals surface area contributed by atoms with Crippen molar-refractivity contribution in [3.05, 3.63) is 41.7 Å². The van der Waals surface area contributed by atoms with Gasteiger partial charge in [0.25, 0.3) is 5.91 Å². The number of methoxy groups -OCH3 is 1. The fourth-order valence-electron chi connectivity index (χ4n) is 3.83. The van der Waals surface area contributed by atoms with Crippen molar-refractivity contribution in [1.29, 1.82) is 0 Å². The predicted molar refractivity (Wildman–Crippen MR) is 114 cm³/mol. The van der Waals surface area contributed by atoms with E-state index < -0.39 is 5.91 Å². The summed E-state index contributed by atoms with van der Waals surface area (Å²) in [6.07, 6.45) is 1.70. The van der Waals surface area contributed by atoms with Crippen molar-refractivity contribution >= 4 is 34.4 Å². The van der Waals surface area contributed by atoms with Gasteiger partial charge in [0, 0.05) is 38.0 Å². The summed E-state index contributed by atoms with van der Waals surface area (Å²) in [5.41, 5.74) is 8.52. The van der Waals surface area contributed by atoms with E-state index in [0.717, 1.165) is 23.2 Å². The number of aryl methyl sites for hydroxylation is 2. The van der Waals surface area contributed by atoms with Crippen LogP contribution in [-0.4, -0.2) is 58.0 Å². The van der Waals surface area contributed by atoms with E-state index >= 15 is 0 Å². The van der Waals surface area contributed by atoms with Gasteiger partial charge < -0.3 is 25.4 Å². The number of hydrogen-bond donors (Lipinski definition) is 2. The van der Waals surface area contributed by atoms with Crippen LogP contribution in [-0.2, 0) is 11.8 Å². The Morgan fingerprint density at radius 3 is 2.87 bits per heavy atom. The zero-order valence-corrected chi connectivity index (χ0v) is 17.6. The second-order valence-corrected chi connectivity index (χ2v) is 7.42. The lowest BCUT2D eigenvalue weighted by atomic mass is 10.1. The molecule has 3 N–H and O–H groups in total. The molecule has 2 aromatic heterocycles. The molecule has 31 heavy (non-hydrogen) atoms. The first-order valence-corrected chi connectivity index (χ1v) is 9.86. The molecular weight excluding hydrogens is 400 g/mol. The van der Waals surface area contributed by atoms with Crippen molar-refractivity contribution in [3.63, 3.8) is 0 Å². The third kappa shape index (κ3) is 3.96. The maximum absolute atomic E-state index is 12.0. The van der Waals surface area contributed by atoms with Crippen LogP contribution in [0, 0.1) is 6.92 Å². The van der Waals surface area contributed by atoms with Crippen molar-refractivity contribution in [2.75, 3.05) is 25.5 Å². The first-order chi connectivity index (χ1) is 14.9. The Bertz CT molecular complexity index is 1160. The Morgan fingerprint density at radius 1 is 1.32 bits per heavy atom. The van der Waals surface area contributed by atoms with E-state index in [-0.39, 0.29) is 17.8 Å². The molecule has 4 rings (SSSR count). The van der Waals surface area contributed by atoms with Gasteiger partial charge in [-0.2, -0.15) is 5.10 Å². The second-order valence-electron chi connectivity index (χ2n) is 7.42. The number of rotatable bonds is 5. The molecule has 1 fully saturated rings. The fourth-order valence-corrected chi connectivity index (χ4v) is 3.83. The standard InChI is InChI=1S/C21H24N6O4/c1-12-17-18(16(19(22)28)10-23-20(17)26(2)25-12)24-13-5-4-6-14(9-13)31-15-7-8-27(11-15)21(29)30-3/h4-6,9-10,15H,7-8,11H2,1-3H3,(H2,22,28)(H,23,24)/t15-/m0/s1. The number of aromatic nitrogens is 3. The van der Waals surface area contributed by atoms with Crippen LogP contribution in [0.5, 0.6) is 5.75 Å². The van der Waals surface area contributed by atoms with Crippen molar-refractivity contribution in [1.82, 2.24) is 19.7 Å². The highest BCUT2D eigenvalue weighted by molar-refractivity contribution is 6.07. The van der Waals surface area contributed by atoms with Crippen LogP contribution < -0.4 is 15.8 Å². The molecule has 0 unspecified atom stereocenters. The number of pyridine rings is 1. The van der Waals surface area contributed by atoms with Crippen molar-refractivity contribution in [3.8, 4) is 5.75 Å². The summed E-state index contributed by atoms with van der Waals surface area (Å²) in [6.45, 7) is 2.91. The highest BCUT2D eigenvalue weighted by Crippen LogP contribution is 2.32. The number of anilines is 2. The molecular formula is C21H24N6O4. The molecule has 1 aromatic carbocycles. The highest BCUT2D eigenvalue weighted by atomic mass is 16.5. The van der Waals surface area contributed by atoms with E-state index in [4.69, 9.17) is 15.2 Å². The lowest BCUT2D eigenvalue weighted by molar-refractivity contribution is 0.100. The number of amides is 2. The zero-order valence-electron chi connectivity index (χ0n) is 17.6. The summed E-state index contributed by atoms with van der Waals surface area (Å²) in [4.78, 5) is 29.7. The number of ether oxygens (including phenoxy) is 2. The molecule has 3 heterocycles. The summed E-state index contributed by atoms with van der Waals surface area (Å²) in [5, 5.41) is 8.43. The quantitative estimate of drug-likeness (QED) is 0.644. The minimum atomic E-state index is -0.582. The molecule has 10 nitrogen and oxygen atoms in total. The van der Waals surface area contributed by atoms with Crippen molar-refractivity contribution < 1.29 is 19.1 Å². The average molecular weight is 424 g/mol. The molecule has 10 heteroatoms. The molecule has 1 aliphatic rings. The lowest BCUT2D eigenvalue weighted by Gasteiger charge is -2.17. The van der Waals surface area contributed by atoms with Gasteiger partial charge >= 0.3 is 6.09 Å². The molecule has 0 radical (unpaired) electrons. The third-order valence-electron chi connectivity index (χ3n) is 5.28. The molecule has 0 spiro atoms. The average Bonchev–Trinajstić information content (AvgIpc) is 3.32. The first kappa shape index (κ1) is 20.5. The number of nitrogens with zero attached hydrogens (tertiary/aromatic N) is 4. The van der Waals surface area contributed by atoms with Crippen LogP contribution >= 0.6 is 0 Å². The number of fused-ring (bicyclic) bond motifs is 1. The van der Waals surface area contributed by atoms with Crippen LogP contribution in [0.25, 0.3) is 11.0 Å². The maximum Gasteiger partial charge on any atom is 0.409 e. The van der Waals surface area contributed by atoms with E-state index in [0.29, 0.717) is 30.2 Å². The number of likely N-dealkylation sites (tertiary alicyclic amines) is 1. The zero-order chi connectivity index (χ0) is 22.1. The van der Waals surface area contributed by atoms with E-state index in [9.17, 15) is 9.59 Å². The summed E-state index contributed by atoms with van der Waals surface area (Å²) in [7, 11) is 3.16. The molecule has 0 aliphatic carbocycles. The molecule has 1 atom stereocenters. The molecule has 3 aromatic rings. The molecule has 162 valence electrons. The monoisotopic (exact) mass is 424 g/mol. The van der Waals surface area contributed by atoms with Gasteiger partial charge in [-0.3, -0.25) is 9.48 Å². The Morgan fingerprint density at radius 2 is 2.13 bits per heavy atom. The minimum absolute atomic E-state index is 0.122. The number of primary amides is 1. The fraction of sp³-hybridized carbons (Fsp3) is 0.333. The van der Waals surface area contributed by atoms with E-state index in [2.05, 4.69) is 15.4 Å². The van der Waals surface area contributed by atoms with Crippen LogP contribution in [0.15, 0.2) is 30.5 Å². The Kier molecular flexibility index (Phi) is 5.37. The van der Waals surface area contributed by atoms with Gasteiger partial charge in [-0.15, -0.1) is 0 Å². The largest absolute Gasteiger partial charge is 0.488 e. The van der Waals surface area contributed by atoms with E-state index in [1.165, 1.54) is 13.3 Å². The summed E-state index contributed by atoms with van der Waals surface area (Å²) in [5.74, 6) is 0.0666. The second kappa shape index (κ2) is 8.13. The normalized spacial score (nSPS) is 15.8. The van der Waals surface area contributed by atoms with Gasteiger partial charge in [-0.25, -0.2) is 9.78 Å². The van der Waals surface area contributed by atoms with Crippen molar-refractivity contribution in [2.45, 2.75) is 19.4 Å². The molecule has 0 saturated carbocycles. The summed E-state index contributed by atoms with van der Waals surface area (Å²) >= 11 is 0. The summed E-state index contributed by atoms with van der Waals surface area (Å²) in [6, 6.07) is 7.40. The first-order valence-electron chi connectivity index (χ1n) is 9.86. The Labute approximate surface area is 178 Å². The van der Waals surface area contributed by atoms with E-state index in [1.54, 1.807) is 16.6 Å². The number of carbonyl (C=O) groups excluding carboxylic acids is 2. The van der Waals surface area contributed by atoms with Gasteiger partial charge in [0.15, 0.2) is 5.65 Å². The number of hydrogen-bond acceptors (Lipinski definition) is 7. The molecule has 2 amide bonds. The molecule has 1 saturated heterocycles. The SMILES string of the molecule is COC(=O)N1CC[C@H](Oc2cccc(Nc3c(C(N)=O)cnc4c3c(C)nn4C)c2)C1. The number of nitrogens with two attached hydrogens (primary N) is 1. The maximum atomic E-state index is 12.0.